The monoisotopic (exact) mass is 520 g/mol. The third-order valence-corrected chi connectivity index (χ3v) is 8.91. The van der Waals surface area contributed by atoms with Crippen LogP contribution in [0.3, 0.4) is 0 Å². The number of allylic oxidation sites excluding steroid dienone is 4. The third-order valence-electron chi connectivity index (χ3n) is 8.91. The first kappa shape index (κ1) is 28.6. The highest BCUT2D eigenvalue weighted by atomic mass is 19.2. The molecular formula is C35H46F2O. The van der Waals surface area contributed by atoms with Gasteiger partial charge in [-0.15, -0.1) is 0 Å². The van der Waals surface area contributed by atoms with E-state index in [-0.39, 0.29) is 11.3 Å². The summed E-state index contributed by atoms with van der Waals surface area (Å²) in [4.78, 5) is 0. The lowest BCUT2D eigenvalue weighted by Crippen LogP contribution is -2.13. The maximum Gasteiger partial charge on any atom is 0.201 e. The molecule has 2 aliphatic rings. The Balaban J connectivity index is 1.18. The first-order valence-corrected chi connectivity index (χ1v) is 15.1. The van der Waals surface area contributed by atoms with Crippen molar-refractivity contribution in [3.8, 4) is 16.9 Å². The second-order valence-corrected chi connectivity index (χ2v) is 11.4. The Morgan fingerprint density at radius 1 is 0.763 bits per heavy atom. The molecule has 0 aromatic heterocycles. The summed E-state index contributed by atoms with van der Waals surface area (Å²) >= 11 is 0. The number of ether oxygens (including phenoxy) is 1. The smallest absolute Gasteiger partial charge is 0.201 e. The predicted octanol–water partition coefficient (Wildman–Crippen LogP) is 10.8. The fraction of sp³-hybridized carbons (Fsp3) is 0.543. The van der Waals surface area contributed by atoms with Gasteiger partial charge in [-0.05, 0) is 138 Å². The molecule has 2 aliphatic carbocycles. The van der Waals surface area contributed by atoms with Gasteiger partial charge in [0.05, 0.1) is 6.61 Å². The van der Waals surface area contributed by atoms with Gasteiger partial charge >= 0.3 is 0 Å². The van der Waals surface area contributed by atoms with E-state index in [1.165, 1.54) is 88.7 Å². The van der Waals surface area contributed by atoms with Crippen molar-refractivity contribution < 1.29 is 13.5 Å². The molecule has 0 bridgehead atoms. The van der Waals surface area contributed by atoms with Crippen molar-refractivity contribution in [2.24, 2.45) is 17.8 Å². The quantitative estimate of drug-likeness (QED) is 0.268. The van der Waals surface area contributed by atoms with Crippen LogP contribution in [0.5, 0.6) is 5.75 Å². The van der Waals surface area contributed by atoms with Crippen LogP contribution in [0, 0.1) is 29.4 Å². The average molecular weight is 521 g/mol. The molecule has 2 aromatic rings. The number of rotatable bonds is 11. The van der Waals surface area contributed by atoms with Crippen LogP contribution >= 0.6 is 0 Å². The summed E-state index contributed by atoms with van der Waals surface area (Å²) in [6, 6.07) is 11.2. The number of hydrogen-bond acceptors (Lipinski definition) is 1. The van der Waals surface area contributed by atoms with Crippen molar-refractivity contribution >= 4 is 0 Å². The molecule has 0 aliphatic heterocycles. The molecule has 0 N–H and O–H groups in total. The van der Waals surface area contributed by atoms with Gasteiger partial charge in [-0.3, -0.25) is 0 Å². The van der Waals surface area contributed by atoms with Crippen LogP contribution in [-0.2, 0) is 0 Å². The Hall–Kier alpha value is -2.42. The van der Waals surface area contributed by atoms with E-state index in [9.17, 15) is 8.78 Å². The SMILES string of the molecule is C/C=C/CCC1CCC(/C=C/CCC2CCC(c3ccc(-c4ccc(OCC)c(F)c4F)cc3)CC2)CC1. The normalized spacial score (nSPS) is 24.3. The maximum atomic E-state index is 14.6. The highest BCUT2D eigenvalue weighted by Crippen LogP contribution is 2.39. The summed E-state index contributed by atoms with van der Waals surface area (Å²) in [7, 11) is 0. The van der Waals surface area contributed by atoms with Crippen molar-refractivity contribution in [1.29, 1.82) is 0 Å². The van der Waals surface area contributed by atoms with Crippen LogP contribution in [0.15, 0.2) is 60.7 Å². The summed E-state index contributed by atoms with van der Waals surface area (Å²) < 4.78 is 34.1. The Bertz CT molecular complexity index is 1040. The second-order valence-electron chi connectivity index (χ2n) is 11.4. The average Bonchev–Trinajstić information content (AvgIpc) is 2.95. The Labute approximate surface area is 229 Å². The fourth-order valence-corrected chi connectivity index (χ4v) is 6.53. The van der Waals surface area contributed by atoms with Crippen LogP contribution < -0.4 is 4.74 Å². The van der Waals surface area contributed by atoms with Gasteiger partial charge in [-0.25, -0.2) is 4.39 Å². The topological polar surface area (TPSA) is 9.23 Å². The molecule has 2 aromatic carbocycles. The summed E-state index contributed by atoms with van der Waals surface area (Å²) in [5, 5.41) is 0. The molecular weight excluding hydrogens is 474 g/mol. The zero-order valence-electron chi connectivity index (χ0n) is 23.4. The maximum absolute atomic E-state index is 14.6. The summed E-state index contributed by atoms with van der Waals surface area (Å²) in [6.07, 6.45) is 25.2. The lowest BCUT2D eigenvalue weighted by molar-refractivity contribution is 0.296. The number of benzene rings is 2. The predicted molar refractivity (Wildman–Crippen MR) is 156 cm³/mol. The van der Waals surface area contributed by atoms with E-state index in [0.29, 0.717) is 18.1 Å². The zero-order chi connectivity index (χ0) is 26.7. The van der Waals surface area contributed by atoms with Crippen molar-refractivity contribution in [2.75, 3.05) is 6.61 Å². The minimum atomic E-state index is -0.912. The van der Waals surface area contributed by atoms with Crippen LogP contribution in [0.1, 0.15) is 102 Å². The minimum absolute atomic E-state index is 0.0315. The Morgan fingerprint density at radius 3 is 2.03 bits per heavy atom. The van der Waals surface area contributed by atoms with Gasteiger partial charge in [0.15, 0.2) is 11.6 Å². The molecule has 0 heterocycles. The standard InChI is InChI=1S/C35H46F2O/c1-3-5-6-9-26-12-14-27(15-13-26)10-7-8-11-28-16-18-29(19-17-28)30-20-22-31(23-21-30)32-24-25-33(38-4-2)35(37)34(32)36/h3,5,7,10,20-29H,4,6,8-9,11-19H2,1-2H3/b5-3+,10-7+. The Kier molecular flexibility index (Phi) is 11.0. The minimum Gasteiger partial charge on any atom is -0.491 e. The zero-order valence-corrected chi connectivity index (χ0v) is 23.4. The third kappa shape index (κ3) is 7.80. The van der Waals surface area contributed by atoms with Crippen molar-refractivity contribution in [3.05, 3.63) is 77.9 Å². The molecule has 38 heavy (non-hydrogen) atoms. The molecule has 0 radical (unpaired) electrons. The first-order valence-electron chi connectivity index (χ1n) is 15.1. The van der Waals surface area contributed by atoms with E-state index in [0.717, 1.165) is 17.8 Å². The molecule has 4 rings (SSSR count). The van der Waals surface area contributed by atoms with Crippen LogP contribution in [0.4, 0.5) is 8.78 Å². The van der Waals surface area contributed by atoms with Crippen LogP contribution in [-0.4, -0.2) is 6.61 Å². The van der Waals surface area contributed by atoms with E-state index in [2.05, 4.69) is 43.4 Å². The molecule has 0 spiro atoms. The van der Waals surface area contributed by atoms with E-state index >= 15 is 0 Å². The summed E-state index contributed by atoms with van der Waals surface area (Å²) in [6.45, 7) is 4.18. The van der Waals surface area contributed by atoms with Crippen LogP contribution in [0.25, 0.3) is 11.1 Å². The molecule has 0 amide bonds. The molecule has 2 fully saturated rings. The molecule has 0 unspecified atom stereocenters. The van der Waals surface area contributed by atoms with Gasteiger partial charge < -0.3 is 4.74 Å². The molecule has 206 valence electrons. The summed E-state index contributed by atoms with van der Waals surface area (Å²) in [5.74, 6) is 1.36. The van der Waals surface area contributed by atoms with E-state index in [1.54, 1.807) is 13.0 Å². The van der Waals surface area contributed by atoms with Gasteiger partial charge in [0.2, 0.25) is 5.82 Å². The fourth-order valence-electron chi connectivity index (χ4n) is 6.53. The lowest BCUT2D eigenvalue weighted by Gasteiger charge is -2.29. The molecule has 3 heteroatoms. The highest BCUT2D eigenvalue weighted by Gasteiger charge is 2.23. The largest absolute Gasteiger partial charge is 0.491 e. The lowest BCUT2D eigenvalue weighted by atomic mass is 9.77. The molecule has 0 atom stereocenters. The van der Waals surface area contributed by atoms with Gasteiger partial charge in [0, 0.05) is 5.56 Å². The van der Waals surface area contributed by atoms with E-state index in [4.69, 9.17) is 4.74 Å². The van der Waals surface area contributed by atoms with Crippen LogP contribution in [0.2, 0.25) is 0 Å². The second kappa shape index (κ2) is 14.7. The highest BCUT2D eigenvalue weighted by molar-refractivity contribution is 5.65. The van der Waals surface area contributed by atoms with E-state index in [1.807, 2.05) is 12.1 Å². The van der Waals surface area contributed by atoms with Crippen molar-refractivity contribution in [2.45, 2.75) is 96.8 Å². The molecule has 0 saturated heterocycles. The van der Waals surface area contributed by atoms with Gasteiger partial charge in [-0.2, -0.15) is 4.39 Å². The van der Waals surface area contributed by atoms with Gasteiger partial charge in [0.1, 0.15) is 0 Å². The van der Waals surface area contributed by atoms with Crippen molar-refractivity contribution in [1.82, 2.24) is 0 Å². The van der Waals surface area contributed by atoms with E-state index < -0.39 is 11.6 Å². The van der Waals surface area contributed by atoms with Crippen molar-refractivity contribution in [3.63, 3.8) is 0 Å². The first-order chi connectivity index (χ1) is 18.6. The molecule has 1 nitrogen and oxygen atoms in total. The number of halogens is 2. The Morgan fingerprint density at radius 2 is 1.39 bits per heavy atom. The molecule has 2 saturated carbocycles. The number of hydrogen-bond donors (Lipinski definition) is 0. The van der Waals surface area contributed by atoms with Gasteiger partial charge in [-0.1, -0.05) is 48.6 Å². The van der Waals surface area contributed by atoms with Gasteiger partial charge in [0.25, 0.3) is 0 Å². The summed E-state index contributed by atoms with van der Waals surface area (Å²) in [5.41, 5.74) is 2.31.